The predicted molar refractivity (Wildman–Crippen MR) is 125 cm³/mol. The summed E-state index contributed by atoms with van der Waals surface area (Å²) in [7, 11) is 0. The Morgan fingerprint density at radius 3 is 2.71 bits per heavy atom. The Hall–Kier alpha value is -3.51. The van der Waals surface area contributed by atoms with Gasteiger partial charge in [0.2, 0.25) is 5.91 Å². The lowest BCUT2D eigenvalue weighted by Gasteiger charge is -2.09. The van der Waals surface area contributed by atoms with E-state index in [2.05, 4.69) is 10.3 Å². The van der Waals surface area contributed by atoms with Gasteiger partial charge < -0.3 is 10.1 Å². The number of nitrogens with one attached hydrogen (secondary N) is 1. The lowest BCUT2D eigenvalue weighted by molar-refractivity contribution is -0.116. The van der Waals surface area contributed by atoms with E-state index < -0.39 is 0 Å². The predicted octanol–water partition coefficient (Wildman–Crippen LogP) is 5.98. The van der Waals surface area contributed by atoms with E-state index in [1.807, 2.05) is 73.0 Å². The molecule has 5 nitrogen and oxygen atoms in total. The van der Waals surface area contributed by atoms with Crippen molar-refractivity contribution in [2.45, 2.75) is 19.8 Å². The van der Waals surface area contributed by atoms with Crippen LogP contribution in [-0.4, -0.2) is 22.5 Å². The van der Waals surface area contributed by atoms with Crippen LogP contribution >= 0.6 is 11.3 Å². The standard InChI is InChI=1S/C25H23N3O2S/c1-18-6-2-3-9-23(18)30-15-5-10-24(29)27-21-8-4-7-20(16-21)22-17-31-25(28-22)19-11-13-26-14-12-19/h2-4,6-9,11-14,16-17H,5,10,15H2,1H3,(H,27,29). The summed E-state index contributed by atoms with van der Waals surface area (Å²) in [5, 5.41) is 5.95. The van der Waals surface area contributed by atoms with Crippen molar-refractivity contribution in [3.8, 4) is 27.6 Å². The van der Waals surface area contributed by atoms with Gasteiger partial charge >= 0.3 is 0 Å². The molecule has 31 heavy (non-hydrogen) atoms. The maximum Gasteiger partial charge on any atom is 0.224 e. The van der Waals surface area contributed by atoms with Crippen molar-refractivity contribution < 1.29 is 9.53 Å². The topological polar surface area (TPSA) is 64.1 Å². The third-order valence-electron chi connectivity index (χ3n) is 4.77. The zero-order valence-corrected chi connectivity index (χ0v) is 18.1. The Labute approximate surface area is 185 Å². The number of nitrogens with zero attached hydrogens (tertiary/aromatic N) is 2. The first-order valence-electron chi connectivity index (χ1n) is 10.1. The van der Waals surface area contributed by atoms with Crippen LogP contribution in [0.3, 0.4) is 0 Å². The maximum absolute atomic E-state index is 12.3. The van der Waals surface area contributed by atoms with Crippen LogP contribution in [0, 0.1) is 6.92 Å². The van der Waals surface area contributed by atoms with E-state index in [-0.39, 0.29) is 5.91 Å². The van der Waals surface area contributed by atoms with Gasteiger partial charge in [-0.1, -0.05) is 30.3 Å². The van der Waals surface area contributed by atoms with Gasteiger partial charge in [0.05, 0.1) is 12.3 Å². The van der Waals surface area contributed by atoms with E-state index in [1.165, 1.54) is 0 Å². The second-order valence-electron chi connectivity index (χ2n) is 7.12. The normalized spacial score (nSPS) is 10.6. The number of rotatable bonds is 8. The molecule has 1 N–H and O–H groups in total. The molecule has 0 aliphatic heterocycles. The van der Waals surface area contributed by atoms with Gasteiger partial charge in [-0.2, -0.15) is 0 Å². The molecule has 2 aromatic carbocycles. The molecule has 0 aliphatic carbocycles. The fourth-order valence-corrected chi connectivity index (χ4v) is 3.98. The minimum Gasteiger partial charge on any atom is -0.493 e. The van der Waals surface area contributed by atoms with Crippen molar-refractivity contribution in [1.29, 1.82) is 0 Å². The summed E-state index contributed by atoms with van der Waals surface area (Å²) in [5.74, 6) is 0.839. The first kappa shape index (κ1) is 20.8. The van der Waals surface area contributed by atoms with Gasteiger partial charge in [0.15, 0.2) is 0 Å². The number of hydrogen-bond acceptors (Lipinski definition) is 5. The van der Waals surface area contributed by atoms with Gasteiger partial charge in [0, 0.05) is 41.0 Å². The molecule has 0 aliphatic rings. The Morgan fingerprint density at radius 2 is 1.87 bits per heavy atom. The van der Waals surface area contributed by atoms with Crippen LogP contribution in [0.2, 0.25) is 0 Å². The highest BCUT2D eigenvalue weighted by Crippen LogP contribution is 2.29. The average molecular weight is 430 g/mol. The molecule has 0 bridgehead atoms. The smallest absolute Gasteiger partial charge is 0.224 e. The van der Waals surface area contributed by atoms with E-state index in [9.17, 15) is 4.79 Å². The lowest BCUT2D eigenvalue weighted by atomic mass is 10.1. The summed E-state index contributed by atoms with van der Waals surface area (Å²) >= 11 is 1.59. The van der Waals surface area contributed by atoms with Crippen molar-refractivity contribution in [3.63, 3.8) is 0 Å². The molecule has 0 radical (unpaired) electrons. The number of pyridine rings is 1. The Bertz CT molecular complexity index is 1160. The highest BCUT2D eigenvalue weighted by Gasteiger charge is 2.09. The second-order valence-corrected chi connectivity index (χ2v) is 7.98. The fourth-order valence-electron chi connectivity index (χ4n) is 3.15. The SMILES string of the molecule is Cc1ccccc1OCCCC(=O)Nc1cccc(-c2csc(-c3ccncc3)n2)c1. The Kier molecular flexibility index (Phi) is 6.69. The third kappa shape index (κ3) is 5.55. The summed E-state index contributed by atoms with van der Waals surface area (Å²) in [6.07, 6.45) is 4.58. The summed E-state index contributed by atoms with van der Waals surface area (Å²) < 4.78 is 5.76. The van der Waals surface area contributed by atoms with E-state index >= 15 is 0 Å². The summed E-state index contributed by atoms with van der Waals surface area (Å²) in [6.45, 7) is 2.52. The number of ether oxygens (including phenoxy) is 1. The van der Waals surface area contributed by atoms with Crippen molar-refractivity contribution in [1.82, 2.24) is 9.97 Å². The fraction of sp³-hybridized carbons (Fsp3) is 0.160. The van der Waals surface area contributed by atoms with Gasteiger partial charge in [-0.05, 0) is 49.2 Å². The molecule has 0 fully saturated rings. The van der Waals surface area contributed by atoms with Gasteiger partial charge in [-0.3, -0.25) is 9.78 Å². The summed E-state index contributed by atoms with van der Waals surface area (Å²) in [6, 6.07) is 19.5. The van der Waals surface area contributed by atoms with Gasteiger partial charge in [-0.15, -0.1) is 11.3 Å². The molecule has 2 heterocycles. The third-order valence-corrected chi connectivity index (χ3v) is 5.66. The second kappa shape index (κ2) is 10.00. The number of thiazole rings is 1. The lowest BCUT2D eigenvalue weighted by Crippen LogP contribution is -2.13. The molecule has 0 atom stereocenters. The average Bonchev–Trinajstić information content (AvgIpc) is 3.29. The molecule has 1 amide bonds. The monoisotopic (exact) mass is 429 g/mol. The van der Waals surface area contributed by atoms with E-state index in [0.717, 1.165) is 38.8 Å². The maximum atomic E-state index is 12.3. The number of para-hydroxylation sites is 1. The number of aryl methyl sites for hydroxylation is 1. The van der Waals surface area contributed by atoms with Crippen LogP contribution in [0.1, 0.15) is 18.4 Å². The highest BCUT2D eigenvalue weighted by molar-refractivity contribution is 7.13. The van der Waals surface area contributed by atoms with Crippen LogP contribution in [0.4, 0.5) is 5.69 Å². The molecule has 0 saturated carbocycles. The number of hydrogen-bond donors (Lipinski definition) is 1. The van der Waals surface area contributed by atoms with Crippen LogP contribution in [-0.2, 0) is 4.79 Å². The quantitative estimate of drug-likeness (QED) is 0.350. The first-order chi connectivity index (χ1) is 15.2. The number of anilines is 1. The van der Waals surface area contributed by atoms with Crippen LogP contribution in [0.5, 0.6) is 5.75 Å². The molecule has 4 aromatic rings. The zero-order chi connectivity index (χ0) is 21.5. The molecule has 4 rings (SSSR count). The number of benzene rings is 2. The molecule has 2 aromatic heterocycles. The zero-order valence-electron chi connectivity index (χ0n) is 17.2. The number of carbonyl (C=O) groups is 1. The van der Waals surface area contributed by atoms with Gasteiger partial charge in [0.25, 0.3) is 0 Å². The molecule has 0 spiro atoms. The number of amides is 1. The first-order valence-corrected chi connectivity index (χ1v) is 11.0. The molecule has 0 unspecified atom stereocenters. The minimum absolute atomic E-state index is 0.0266. The van der Waals surface area contributed by atoms with Gasteiger partial charge in [-0.25, -0.2) is 4.98 Å². The minimum atomic E-state index is -0.0266. The Morgan fingerprint density at radius 1 is 1.03 bits per heavy atom. The molecule has 156 valence electrons. The van der Waals surface area contributed by atoms with Crippen molar-refractivity contribution in [3.05, 3.63) is 84.0 Å². The number of carbonyl (C=O) groups excluding carboxylic acids is 1. The molecular formula is C25H23N3O2S. The van der Waals surface area contributed by atoms with Crippen molar-refractivity contribution in [2.24, 2.45) is 0 Å². The van der Waals surface area contributed by atoms with Crippen LogP contribution in [0.25, 0.3) is 21.8 Å². The van der Waals surface area contributed by atoms with E-state index in [4.69, 9.17) is 9.72 Å². The van der Waals surface area contributed by atoms with Crippen molar-refractivity contribution >= 4 is 22.9 Å². The number of aromatic nitrogens is 2. The van der Waals surface area contributed by atoms with Crippen LogP contribution < -0.4 is 10.1 Å². The van der Waals surface area contributed by atoms with E-state index in [0.29, 0.717) is 19.4 Å². The van der Waals surface area contributed by atoms with Crippen molar-refractivity contribution in [2.75, 3.05) is 11.9 Å². The summed E-state index contributed by atoms with van der Waals surface area (Å²) in [5.41, 5.74) is 4.76. The molecule has 0 saturated heterocycles. The highest BCUT2D eigenvalue weighted by atomic mass is 32.1. The molecular weight excluding hydrogens is 406 g/mol. The molecule has 6 heteroatoms. The van der Waals surface area contributed by atoms with Crippen LogP contribution in [0.15, 0.2) is 78.4 Å². The van der Waals surface area contributed by atoms with Gasteiger partial charge in [0.1, 0.15) is 10.8 Å². The largest absolute Gasteiger partial charge is 0.493 e. The Balaban J connectivity index is 1.32. The summed E-state index contributed by atoms with van der Waals surface area (Å²) in [4.78, 5) is 21.1. The van der Waals surface area contributed by atoms with E-state index in [1.54, 1.807) is 23.7 Å².